The van der Waals surface area contributed by atoms with Crippen LogP contribution in [0.5, 0.6) is 0 Å². The molecule has 6 nitrogen and oxygen atoms in total. The lowest BCUT2D eigenvalue weighted by Crippen LogP contribution is -2.09. The van der Waals surface area contributed by atoms with Crippen LogP contribution in [0.1, 0.15) is 12.5 Å². The first-order valence-electron chi connectivity index (χ1n) is 9.90. The van der Waals surface area contributed by atoms with Gasteiger partial charge < -0.3 is 9.97 Å². The standard InChI is InChI=1S/C24H17N5O/c1-2-13-7-8-18-14(11-13)12-17(24(30)27-18)23-28-21-15-5-3-9-25-19(15)20-16(22(21)29-23)6-4-10-26-20/h3-12H,2H2,1H3,(H,27,30)(H,28,29). The smallest absolute Gasteiger partial charge is 0.259 e. The van der Waals surface area contributed by atoms with Gasteiger partial charge >= 0.3 is 0 Å². The van der Waals surface area contributed by atoms with Gasteiger partial charge in [-0.3, -0.25) is 14.8 Å². The number of aromatic nitrogens is 5. The van der Waals surface area contributed by atoms with Gasteiger partial charge in [0, 0.05) is 28.7 Å². The van der Waals surface area contributed by atoms with Crippen molar-refractivity contribution in [2.45, 2.75) is 13.3 Å². The molecule has 6 rings (SSSR count). The van der Waals surface area contributed by atoms with Crippen molar-refractivity contribution in [3.05, 3.63) is 76.8 Å². The van der Waals surface area contributed by atoms with Gasteiger partial charge in [0.2, 0.25) is 0 Å². The van der Waals surface area contributed by atoms with Crippen LogP contribution in [0.4, 0.5) is 0 Å². The number of aryl methyl sites for hydroxylation is 1. The zero-order valence-electron chi connectivity index (χ0n) is 16.2. The molecule has 6 heteroatoms. The summed E-state index contributed by atoms with van der Waals surface area (Å²) in [5, 5.41) is 2.83. The predicted molar refractivity (Wildman–Crippen MR) is 120 cm³/mol. The molecule has 0 radical (unpaired) electrons. The number of rotatable bonds is 2. The monoisotopic (exact) mass is 391 g/mol. The van der Waals surface area contributed by atoms with E-state index in [1.54, 1.807) is 12.4 Å². The molecule has 144 valence electrons. The van der Waals surface area contributed by atoms with Crippen LogP contribution in [0, 0.1) is 0 Å². The van der Waals surface area contributed by atoms with E-state index in [-0.39, 0.29) is 5.56 Å². The predicted octanol–water partition coefficient (Wildman–Crippen LogP) is 4.73. The van der Waals surface area contributed by atoms with Crippen molar-refractivity contribution in [1.82, 2.24) is 24.9 Å². The Morgan fingerprint density at radius 3 is 2.43 bits per heavy atom. The topological polar surface area (TPSA) is 87.3 Å². The number of nitrogens with one attached hydrogen (secondary N) is 2. The average molecular weight is 391 g/mol. The Hall–Kier alpha value is -4.06. The van der Waals surface area contributed by atoms with Gasteiger partial charge in [-0.2, -0.15) is 0 Å². The van der Waals surface area contributed by atoms with Crippen LogP contribution >= 0.6 is 0 Å². The Labute approximate surface area is 170 Å². The summed E-state index contributed by atoms with van der Waals surface area (Å²) in [5.41, 5.74) is 5.65. The highest BCUT2D eigenvalue weighted by atomic mass is 16.1. The summed E-state index contributed by atoms with van der Waals surface area (Å²) in [6, 6.07) is 15.8. The molecule has 0 spiro atoms. The summed E-state index contributed by atoms with van der Waals surface area (Å²) < 4.78 is 0. The second-order valence-corrected chi connectivity index (χ2v) is 7.40. The number of hydrogen-bond donors (Lipinski definition) is 2. The first-order chi connectivity index (χ1) is 14.7. The molecule has 4 aromatic heterocycles. The molecule has 0 bridgehead atoms. The van der Waals surface area contributed by atoms with E-state index < -0.39 is 0 Å². The minimum atomic E-state index is -0.171. The van der Waals surface area contributed by atoms with E-state index >= 15 is 0 Å². The Morgan fingerprint density at radius 1 is 0.867 bits per heavy atom. The van der Waals surface area contributed by atoms with Gasteiger partial charge in [0.15, 0.2) is 0 Å². The number of pyridine rings is 3. The highest BCUT2D eigenvalue weighted by Crippen LogP contribution is 2.33. The molecule has 4 heterocycles. The molecular weight excluding hydrogens is 374 g/mol. The van der Waals surface area contributed by atoms with Crippen molar-refractivity contribution in [3.8, 4) is 11.4 Å². The van der Waals surface area contributed by atoms with E-state index in [1.807, 2.05) is 42.5 Å². The van der Waals surface area contributed by atoms with Crippen LogP contribution in [0.3, 0.4) is 0 Å². The van der Waals surface area contributed by atoms with Crippen LogP contribution in [0.15, 0.2) is 65.7 Å². The number of hydrogen-bond acceptors (Lipinski definition) is 4. The van der Waals surface area contributed by atoms with Gasteiger partial charge in [-0.05, 0) is 59.8 Å². The van der Waals surface area contributed by atoms with Crippen molar-refractivity contribution >= 4 is 43.7 Å². The minimum absolute atomic E-state index is 0.171. The van der Waals surface area contributed by atoms with Gasteiger partial charge in [0.1, 0.15) is 5.82 Å². The average Bonchev–Trinajstić information content (AvgIpc) is 3.24. The van der Waals surface area contributed by atoms with E-state index in [2.05, 4.69) is 32.9 Å². The Bertz CT molecular complexity index is 1590. The van der Waals surface area contributed by atoms with E-state index in [0.29, 0.717) is 11.4 Å². The van der Waals surface area contributed by atoms with Crippen molar-refractivity contribution in [3.63, 3.8) is 0 Å². The zero-order chi connectivity index (χ0) is 20.2. The molecule has 0 saturated carbocycles. The van der Waals surface area contributed by atoms with Gasteiger partial charge in [-0.15, -0.1) is 0 Å². The fourth-order valence-electron chi connectivity index (χ4n) is 4.12. The van der Waals surface area contributed by atoms with Crippen molar-refractivity contribution in [2.75, 3.05) is 0 Å². The third-order valence-corrected chi connectivity index (χ3v) is 5.64. The summed E-state index contributed by atoms with van der Waals surface area (Å²) in [5.74, 6) is 0.538. The van der Waals surface area contributed by atoms with Crippen molar-refractivity contribution < 1.29 is 0 Å². The lowest BCUT2D eigenvalue weighted by molar-refractivity contribution is 1.14. The maximum absolute atomic E-state index is 12.9. The molecule has 0 unspecified atom stereocenters. The van der Waals surface area contributed by atoms with Crippen LogP contribution in [-0.2, 0) is 6.42 Å². The summed E-state index contributed by atoms with van der Waals surface area (Å²) in [4.78, 5) is 33.1. The molecular formula is C24H17N5O. The summed E-state index contributed by atoms with van der Waals surface area (Å²) in [6.07, 6.45) is 4.46. The number of nitrogens with zero attached hydrogens (tertiary/aromatic N) is 3. The Kier molecular flexibility index (Phi) is 3.49. The lowest BCUT2D eigenvalue weighted by Gasteiger charge is -2.03. The second-order valence-electron chi connectivity index (χ2n) is 7.40. The molecule has 0 aliphatic carbocycles. The third kappa shape index (κ3) is 2.37. The van der Waals surface area contributed by atoms with Crippen LogP contribution in [0.25, 0.3) is 55.1 Å². The molecule has 2 aromatic carbocycles. The fraction of sp³-hybridized carbons (Fsp3) is 0.0833. The highest BCUT2D eigenvalue weighted by Gasteiger charge is 2.16. The van der Waals surface area contributed by atoms with E-state index in [1.165, 1.54) is 5.56 Å². The number of aromatic amines is 2. The van der Waals surface area contributed by atoms with E-state index in [0.717, 1.165) is 50.2 Å². The first kappa shape index (κ1) is 16.9. The van der Waals surface area contributed by atoms with Crippen LogP contribution in [0.2, 0.25) is 0 Å². The van der Waals surface area contributed by atoms with Crippen LogP contribution in [-0.4, -0.2) is 24.9 Å². The SMILES string of the molecule is CCc1ccc2[nH]c(=O)c(-c3nc4c5cccnc5c5ncccc5c4[nH]3)cc2c1. The summed E-state index contributed by atoms with van der Waals surface area (Å²) in [6.45, 7) is 2.12. The van der Waals surface area contributed by atoms with Gasteiger partial charge in [-0.25, -0.2) is 4.98 Å². The highest BCUT2D eigenvalue weighted by molar-refractivity contribution is 6.21. The van der Waals surface area contributed by atoms with Crippen molar-refractivity contribution in [1.29, 1.82) is 0 Å². The molecule has 2 N–H and O–H groups in total. The zero-order valence-corrected chi connectivity index (χ0v) is 16.2. The molecule has 0 atom stereocenters. The Morgan fingerprint density at radius 2 is 1.63 bits per heavy atom. The normalized spacial score (nSPS) is 11.8. The van der Waals surface area contributed by atoms with Gasteiger partial charge in [0.05, 0.1) is 27.6 Å². The summed E-state index contributed by atoms with van der Waals surface area (Å²) >= 11 is 0. The molecule has 0 saturated heterocycles. The quantitative estimate of drug-likeness (QED) is 0.418. The fourth-order valence-corrected chi connectivity index (χ4v) is 4.12. The molecule has 0 aliphatic heterocycles. The summed E-state index contributed by atoms with van der Waals surface area (Å²) in [7, 11) is 0. The number of H-pyrrole nitrogens is 2. The number of imidazole rings is 1. The molecule has 0 fully saturated rings. The third-order valence-electron chi connectivity index (χ3n) is 5.64. The van der Waals surface area contributed by atoms with E-state index in [9.17, 15) is 4.79 Å². The second kappa shape index (κ2) is 6.22. The maximum atomic E-state index is 12.9. The first-order valence-corrected chi connectivity index (χ1v) is 9.90. The largest absolute Gasteiger partial charge is 0.337 e. The number of benzene rings is 2. The van der Waals surface area contributed by atoms with Gasteiger partial charge in [-0.1, -0.05) is 13.0 Å². The molecule has 0 amide bonds. The van der Waals surface area contributed by atoms with E-state index in [4.69, 9.17) is 4.98 Å². The maximum Gasteiger partial charge on any atom is 0.259 e. The number of fused-ring (bicyclic) bond motifs is 7. The van der Waals surface area contributed by atoms with Gasteiger partial charge in [0.25, 0.3) is 5.56 Å². The molecule has 6 aromatic rings. The molecule has 0 aliphatic rings. The lowest BCUT2D eigenvalue weighted by atomic mass is 10.1. The van der Waals surface area contributed by atoms with Crippen LogP contribution < -0.4 is 5.56 Å². The van der Waals surface area contributed by atoms with Crippen molar-refractivity contribution in [2.24, 2.45) is 0 Å². The molecule has 30 heavy (non-hydrogen) atoms. The Balaban J connectivity index is 1.70. The minimum Gasteiger partial charge on any atom is -0.337 e.